The summed E-state index contributed by atoms with van der Waals surface area (Å²) < 4.78 is 30.4. The maximum absolute atomic E-state index is 13.8. The molecule has 1 aliphatic rings. The fourth-order valence-corrected chi connectivity index (χ4v) is 3.26. The number of nitrogens with zero attached hydrogens (tertiary/aromatic N) is 1. The van der Waals surface area contributed by atoms with Crippen LogP contribution < -0.4 is 15.4 Å². The Morgan fingerprint density at radius 1 is 1.23 bits per heavy atom. The second-order valence-corrected chi connectivity index (χ2v) is 7.40. The molecule has 1 atom stereocenters. The molecule has 162 valence electrons. The smallest absolute Gasteiger partial charge is 0.190 e. The van der Waals surface area contributed by atoms with Crippen LogP contribution in [0.1, 0.15) is 23.6 Å². The SMILES string of the molecule is CN=C(NCCc1cc(F)cc2c1OCOC2)NCC(C)COCc1ccccc1. The van der Waals surface area contributed by atoms with Gasteiger partial charge in [0.2, 0.25) is 0 Å². The lowest BCUT2D eigenvalue weighted by molar-refractivity contribution is -0.0172. The van der Waals surface area contributed by atoms with Gasteiger partial charge in [-0.2, -0.15) is 0 Å². The van der Waals surface area contributed by atoms with Gasteiger partial charge < -0.3 is 24.8 Å². The van der Waals surface area contributed by atoms with Gasteiger partial charge in [0.1, 0.15) is 11.6 Å². The van der Waals surface area contributed by atoms with Crippen molar-refractivity contribution in [2.75, 3.05) is 33.5 Å². The number of fused-ring (bicyclic) bond motifs is 1. The third-order valence-corrected chi connectivity index (χ3v) is 4.79. The monoisotopic (exact) mass is 415 g/mol. The zero-order valence-corrected chi connectivity index (χ0v) is 17.6. The van der Waals surface area contributed by atoms with Gasteiger partial charge in [-0.25, -0.2) is 4.39 Å². The van der Waals surface area contributed by atoms with Gasteiger partial charge in [-0.05, 0) is 35.6 Å². The lowest BCUT2D eigenvalue weighted by atomic mass is 10.1. The van der Waals surface area contributed by atoms with E-state index in [0.29, 0.717) is 44.7 Å². The first-order chi connectivity index (χ1) is 14.7. The summed E-state index contributed by atoms with van der Waals surface area (Å²) in [5.41, 5.74) is 2.76. The number of hydrogen-bond acceptors (Lipinski definition) is 4. The summed E-state index contributed by atoms with van der Waals surface area (Å²) in [6.07, 6.45) is 0.622. The number of halogens is 1. The predicted molar refractivity (Wildman–Crippen MR) is 115 cm³/mol. The Balaban J connectivity index is 1.38. The van der Waals surface area contributed by atoms with Crippen molar-refractivity contribution in [3.63, 3.8) is 0 Å². The Hall–Kier alpha value is -2.64. The first-order valence-electron chi connectivity index (χ1n) is 10.2. The fraction of sp³-hybridized carbons (Fsp3) is 0.435. The third kappa shape index (κ3) is 6.71. The summed E-state index contributed by atoms with van der Waals surface area (Å²) >= 11 is 0. The molecule has 0 spiro atoms. The minimum absolute atomic E-state index is 0.201. The molecular formula is C23H30FN3O3. The van der Waals surface area contributed by atoms with Gasteiger partial charge in [-0.3, -0.25) is 4.99 Å². The maximum Gasteiger partial charge on any atom is 0.190 e. The molecule has 0 aromatic heterocycles. The summed E-state index contributed by atoms with van der Waals surface area (Å²) in [5.74, 6) is 1.50. The summed E-state index contributed by atoms with van der Waals surface area (Å²) in [6.45, 7) is 5.33. The second kappa shape index (κ2) is 11.5. The maximum atomic E-state index is 13.8. The van der Waals surface area contributed by atoms with Crippen molar-refractivity contribution in [1.82, 2.24) is 10.6 Å². The van der Waals surface area contributed by atoms with E-state index in [-0.39, 0.29) is 12.6 Å². The van der Waals surface area contributed by atoms with E-state index in [1.165, 1.54) is 17.7 Å². The highest BCUT2D eigenvalue weighted by molar-refractivity contribution is 5.79. The van der Waals surface area contributed by atoms with Crippen LogP contribution in [0, 0.1) is 11.7 Å². The van der Waals surface area contributed by atoms with Gasteiger partial charge in [0.05, 0.1) is 19.8 Å². The molecule has 6 nitrogen and oxygen atoms in total. The average molecular weight is 416 g/mol. The Labute approximate surface area is 177 Å². The van der Waals surface area contributed by atoms with Crippen LogP contribution in [-0.4, -0.2) is 39.5 Å². The highest BCUT2D eigenvalue weighted by atomic mass is 19.1. The Morgan fingerprint density at radius 3 is 2.87 bits per heavy atom. The molecule has 3 rings (SSSR count). The van der Waals surface area contributed by atoms with Gasteiger partial charge >= 0.3 is 0 Å². The lowest BCUT2D eigenvalue weighted by Crippen LogP contribution is -2.40. The van der Waals surface area contributed by atoms with Crippen molar-refractivity contribution < 1.29 is 18.6 Å². The topological polar surface area (TPSA) is 64.1 Å². The van der Waals surface area contributed by atoms with Crippen molar-refractivity contribution in [2.24, 2.45) is 10.9 Å². The molecule has 0 fully saturated rings. The van der Waals surface area contributed by atoms with Gasteiger partial charge in [-0.15, -0.1) is 0 Å². The van der Waals surface area contributed by atoms with Crippen LogP contribution in [-0.2, 0) is 29.1 Å². The quantitative estimate of drug-likeness (QED) is 0.486. The summed E-state index contributed by atoms with van der Waals surface area (Å²) in [4.78, 5) is 4.25. The molecule has 1 aliphatic heterocycles. The van der Waals surface area contributed by atoms with E-state index in [1.54, 1.807) is 7.05 Å². The summed E-state index contributed by atoms with van der Waals surface area (Å²) in [5, 5.41) is 6.58. The molecule has 2 N–H and O–H groups in total. The van der Waals surface area contributed by atoms with Crippen LogP contribution in [0.2, 0.25) is 0 Å². The van der Waals surface area contributed by atoms with Crippen molar-refractivity contribution in [2.45, 2.75) is 26.6 Å². The number of rotatable bonds is 9. The molecule has 0 saturated carbocycles. The van der Waals surface area contributed by atoms with E-state index in [4.69, 9.17) is 14.2 Å². The molecule has 0 bridgehead atoms. The van der Waals surface area contributed by atoms with Crippen molar-refractivity contribution in [3.05, 3.63) is 65.0 Å². The van der Waals surface area contributed by atoms with E-state index in [0.717, 1.165) is 23.4 Å². The molecule has 0 saturated heterocycles. The van der Waals surface area contributed by atoms with Crippen molar-refractivity contribution >= 4 is 5.96 Å². The average Bonchev–Trinajstić information content (AvgIpc) is 2.76. The lowest BCUT2D eigenvalue weighted by Gasteiger charge is -2.21. The minimum atomic E-state index is -0.273. The molecule has 0 aliphatic carbocycles. The number of hydrogen-bond donors (Lipinski definition) is 2. The largest absolute Gasteiger partial charge is 0.467 e. The standard InChI is InChI=1S/C23H30FN3O3/c1-17(13-28-14-18-6-4-3-5-7-18)12-27-23(25-2)26-9-8-19-10-21(24)11-20-15-29-16-30-22(19)20/h3-7,10-11,17H,8-9,12-16H2,1-2H3,(H2,25,26,27). The van der Waals surface area contributed by atoms with Crippen LogP contribution in [0.4, 0.5) is 4.39 Å². The molecular weight excluding hydrogens is 385 g/mol. The highest BCUT2D eigenvalue weighted by Crippen LogP contribution is 2.29. The van der Waals surface area contributed by atoms with E-state index >= 15 is 0 Å². The molecule has 7 heteroatoms. The summed E-state index contributed by atoms with van der Waals surface area (Å²) in [6, 6.07) is 13.1. The number of benzene rings is 2. The number of nitrogens with one attached hydrogen (secondary N) is 2. The zero-order chi connectivity index (χ0) is 21.2. The normalized spacial score (nSPS) is 14.6. The van der Waals surface area contributed by atoms with Crippen LogP contribution in [0.15, 0.2) is 47.5 Å². The summed E-state index contributed by atoms with van der Waals surface area (Å²) in [7, 11) is 1.73. The van der Waals surface area contributed by atoms with Crippen LogP contribution >= 0.6 is 0 Å². The Kier molecular flexibility index (Phi) is 8.47. The molecule has 2 aromatic carbocycles. The zero-order valence-electron chi connectivity index (χ0n) is 17.6. The number of aliphatic imine (C=N–C) groups is 1. The Bertz CT molecular complexity index is 830. The van der Waals surface area contributed by atoms with Gasteiger partial charge in [0, 0.05) is 25.7 Å². The van der Waals surface area contributed by atoms with Crippen molar-refractivity contribution in [1.29, 1.82) is 0 Å². The van der Waals surface area contributed by atoms with Crippen LogP contribution in [0.5, 0.6) is 5.75 Å². The molecule has 1 heterocycles. The third-order valence-electron chi connectivity index (χ3n) is 4.79. The molecule has 2 aromatic rings. The predicted octanol–water partition coefficient (Wildman–Crippen LogP) is 3.25. The molecule has 30 heavy (non-hydrogen) atoms. The van der Waals surface area contributed by atoms with Gasteiger partial charge in [0.15, 0.2) is 12.8 Å². The van der Waals surface area contributed by atoms with E-state index in [2.05, 4.69) is 34.7 Å². The van der Waals surface area contributed by atoms with Crippen molar-refractivity contribution in [3.8, 4) is 5.75 Å². The second-order valence-electron chi connectivity index (χ2n) is 7.40. The first-order valence-corrected chi connectivity index (χ1v) is 10.2. The minimum Gasteiger partial charge on any atom is -0.467 e. The fourth-order valence-electron chi connectivity index (χ4n) is 3.26. The van der Waals surface area contributed by atoms with E-state index in [9.17, 15) is 4.39 Å². The van der Waals surface area contributed by atoms with E-state index in [1.807, 2.05) is 18.2 Å². The number of ether oxygens (including phenoxy) is 3. The molecule has 0 amide bonds. The first kappa shape index (κ1) is 22.1. The van der Waals surface area contributed by atoms with E-state index < -0.39 is 0 Å². The molecule has 0 radical (unpaired) electrons. The van der Waals surface area contributed by atoms with Gasteiger partial charge in [-0.1, -0.05) is 37.3 Å². The number of guanidine groups is 1. The molecule has 1 unspecified atom stereocenters. The highest BCUT2D eigenvalue weighted by Gasteiger charge is 2.16. The van der Waals surface area contributed by atoms with Crippen LogP contribution in [0.25, 0.3) is 0 Å². The van der Waals surface area contributed by atoms with Crippen LogP contribution in [0.3, 0.4) is 0 Å². The Morgan fingerprint density at radius 2 is 2.07 bits per heavy atom. The van der Waals surface area contributed by atoms with Gasteiger partial charge in [0.25, 0.3) is 0 Å².